The van der Waals surface area contributed by atoms with E-state index in [2.05, 4.69) is 16.0 Å². The molecule has 0 radical (unpaired) electrons. The van der Waals surface area contributed by atoms with Gasteiger partial charge in [-0.3, -0.25) is 19.2 Å². The Morgan fingerprint density at radius 3 is 1.97 bits per heavy atom. The second kappa shape index (κ2) is 23.4. The highest BCUT2D eigenvalue weighted by Crippen LogP contribution is 2.41. The number of nitrogens with two attached hydrogens (primary N) is 1. The SMILES string of the molecule is CCC1CC(C(=O)OC)Cc2ccc(OCCNC(=O)OC(C)(C)C)c(c2)-c2cc(ccc2OCCNC(=O)OC(C)(C)C)C(N(C)C(=O)C(N)CCSC)C(=O)NC(C)C1=O. The molecule has 4 amide bonds. The molecule has 17 heteroatoms. The van der Waals surface area contributed by atoms with Crippen LogP contribution in [0.2, 0.25) is 0 Å². The van der Waals surface area contributed by atoms with E-state index in [0.717, 1.165) is 0 Å². The topological polar surface area (TPSA) is 214 Å². The van der Waals surface area contributed by atoms with Crippen LogP contribution in [0, 0.1) is 11.8 Å². The lowest BCUT2D eigenvalue weighted by Crippen LogP contribution is -2.51. The average molecular weight is 886 g/mol. The first-order chi connectivity index (χ1) is 29.1. The van der Waals surface area contributed by atoms with E-state index < -0.39 is 71.1 Å². The van der Waals surface area contributed by atoms with Gasteiger partial charge in [-0.25, -0.2) is 9.59 Å². The maximum atomic E-state index is 14.5. The van der Waals surface area contributed by atoms with E-state index in [1.807, 2.05) is 25.3 Å². The molecule has 0 saturated carbocycles. The van der Waals surface area contributed by atoms with Gasteiger partial charge in [0.25, 0.3) is 0 Å². The molecular weight excluding hydrogens is 819 g/mol. The van der Waals surface area contributed by atoms with Crippen molar-refractivity contribution in [3.05, 3.63) is 47.5 Å². The third kappa shape index (κ3) is 15.7. The first-order valence-corrected chi connectivity index (χ1v) is 22.4. The van der Waals surface area contributed by atoms with Crippen molar-refractivity contribution in [1.29, 1.82) is 0 Å². The number of ketones is 1. The number of Topliss-reactive ketones (excluding diaryl/α,β-unsaturated/α-hetero) is 1. The molecule has 0 spiro atoms. The third-order valence-corrected chi connectivity index (χ3v) is 10.6. The molecule has 1 aliphatic rings. The molecule has 1 heterocycles. The van der Waals surface area contributed by atoms with Gasteiger partial charge in [-0.05, 0) is 122 Å². The molecule has 62 heavy (non-hydrogen) atoms. The van der Waals surface area contributed by atoms with E-state index in [-0.39, 0.29) is 44.9 Å². The molecule has 5 N–H and O–H groups in total. The summed E-state index contributed by atoms with van der Waals surface area (Å²) < 4.78 is 28.6. The van der Waals surface area contributed by atoms with Crippen LogP contribution in [0.3, 0.4) is 0 Å². The maximum absolute atomic E-state index is 14.5. The molecule has 344 valence electrons. The lowest BCUT2D eigenvalue weighted by Gasteiger charge is -2.31. The number of nitrogens with one attached hydrogen (secondary N) is 3. The van der Waals surface area contributed by atoms with Crippen molar-refractivity contribution < 1.29 is 52.5 Å². The smallest absolute Gasteiger partial charge is 0.407 e. The van der Waals surface area contributed by atoms with Crippen molar-refractivity contribution in [2.45, 2.75) is 110 Å². The van der Waals surface area contributed by atoms with E-state index in [1.165, 1.54) is 19.1 Å². The molecule has 5 atom stereocenters. The number of carbonyl (C=O) groups excluding carboxylic acids is 6. The van der Waals surface area contributed by atoms with Crippen molar-refractivity contribution in [3.8, 4) is 22.6 Å². The van der Waals surface area contributed by atoms with Gasteiger partial charge < -0.3 is 50.3 Å². The van der Waals surface area contributed by atoms with Crippen LogP contribution in [0.5, 0.6) is 11.5 Å². The van der Waals surface area contributed by atoms with E-state index in [1.54, 1.807) is 84.5 Å². The van der Waals surface area contributed by atoms with Gasteiger partial charge in [0, 0.05) is 24.1 Å². The third-order valence-electron chi connectivity index (χ3n) is 9.91. The second-order valence-electron chi connectivity index (χ2n) is 17.3. The zero-order valence-corrected chi connectivity index (χ0v) is 39.0. The fourth-order valence-electron chi connectivity index (χ4n) is 6.92. The Kier molecular flexibility index (Phi) is 19.4. The van der Waals surface area contributed by atoms with E-state index in [9.17, 15) is 28.8 Å². The second-order valence-corrected chi connectivity index (χ2v) is 18.3. The minimum absolute atomic E-state index is 0.0102. The Labute approximate surface area is 370 Å². The molecule has 0 saturated heterocycles. The number of hydrogen-bond acceptors (Lipinski definition) is 13. The summed E-state index contributed by atoms with van der Waals surface area (Å²) in [6.07, 6.45) is 1.82. The number of alkyl carbamates (subject to hydrolysis) is 2. The zero-order chi connectivity index (χ0) is 46.4. The number of amides is 4. The van der Waals surface area contributed by atoms with Gasteiger partial charge in [0.2, 0.25) is 11.8 Å². The molecule has 0 aromatic heterocycles. The van der Waals surface area contributed by atoms with E-state index in [0.29, 0.717) is 52.3 Å². The summed E-state index contributed by atoms with van der Waals surface area (Å²) in [5.74, 6) is -1.84. The summed E-state index contributed by atoms with van der Waals surface area (Å²) in [5.41, 5.74) is 7.00. The number of esters is 1. The molecule has 4 bridgehead atoms. The van der Waals surface area contributed by atoms with Gasteiger partial charge in [-0.2, -0.15) is 11.8 Å². The standard InChI is InChI=1S/C45H67N5O11S/c1-12-29-25-31(41(54)57-10)23-28-13-15-35(58-20-18-47-42(55)60-44(3,4)5)32(24-28)33-26-30(14-16-36(33)59-21-19-48-43(56)61-45(6,7)8)37(39(52)49-27(2)38(29)51)50(9)40(53)34(46)17-22-62-11/h13-16,24,26-27,29,31,34,37H,12,17-23,25,46H2,1-11H3,(H,47,55)(H,48,56)(H,49,52). The van der Waals surface area contributed by atoms with Crippen molar-refractivity contribution in [3.63, 3.8) is 0 Å². The largest absolute Gasteiger partial charge is 0.491 e. The highest BCUT2D eigenvalue weighted by Gasteiger charge is 2.36. The molecule has 0 fully saturated rings. The highest BCUT2D eigenvalue weighted by molar-refractivity contribution is 7.98. The number of carbonyl (C=O) groups is 6. The van der Waals surface area contributed by atoms with Gasteiger partial charge in [0.1, 0.15) is 42.0 Å². The Morgan fingerprint density at radius 2 is 1.45 bits per heavy atom. The number of hydrogen-bond donors (Lipinski definition) is 4. The summed E-state index contributed by atoms with van der Waals surface area (Å²) in [6, 6.07) is 7.28. The van der Waals surface area contributed by atoms with Gasteiger partial charge >= 0.3 is 18.2 Å². The molecular formula is C45H67N5O11S. The van der Waals surface area contributed by atoms with Gasteiger partial charge in [-0.1, -0.05) is 19.1 Å². The summed E-state index contributed by atoms with van der Waals surface area (Å²) in [5, 5.41) is 8.24. The van der Waals surface area contributed by atoms with Crippen molar-refractivity contribution in [2.75, 3.05) is 52.5 Å². The Hall–Kier alpha value is -5.03. The highest BCUT2D eigenvalue weighted by atomic mass is 32.2. The average Bonchev–Trinajstić information content (AvgIpc) is 3.19. The predicted octanol–water partition coefficient (Wildman–Crippen LogP) is 5.58. The minimum Gasteiger partial charge on any atom is -0.491 e. The molecule has 2 aromatic rings. The predicted molar refractivity (Wildman–Crippen MR) is 238 cm³/mol. The Bertz CT molecular complexity index is 1880. The van der Waals surface area contributed by atoms with Crippen LogP contribution < -0.4 is 31.2 Å². The number of methoxy groups -OCH3 is 1. The van der Waals surface area contributed by atoms with Crippen LogP contribution in [0.4, 0.5) is 9.59 Å². The molecule has 5 unspecified atom stereocenters. The van der Waals surface area contributed by atoms with Crippen LogP contribution in [-0.2, 0) is 39.8 Å². The number of thioether (sulfide) groups is 1. The molecule has 0 aliphatic carbocycles. The lowest BCUT2D eigenvalue weighted by molar-refractivity contribution is -0.146. The Balaban J connectivity index is 2.27. The number of nitrogens with zero attached hydrogens (tertiary/aromatic N) is 1. The van der Waals surface area contributed by atoms with E-state index in [4.69, 9.17) is 29.4 Å². The van der Waals surface area contributed by atoms with Crippen LogP contribution in [-0.4, -0.2) is 116 Å². The van der Waals surface area contributed by atoms with E-state index >= 15 is 0 Å². The van der Waals surface area contributed by atoms with Crippen LogP contribution in [0.1, 0.15) is 91.8 Å². The van der Waals surface area contributed by atoms with Crippen molar-refractivity contribution in [2.24, 2.45) is 17.6 Å². The number of ether oxygens (including phenoxy) is 5. The summed E-state index contributed by atoms with van der Waals surface area (Å²) in [4.78, 5) is 81.9. The number of benzene rings is 2. The van der Waals surface area contributed by atoms with Crippen molar-refractivity contribution in [1.82, 2.24) is 20.9 Å². The fraction of sp³-hybridized carbons (Fsp3) is 0.600. The first kappa shape index (κ1) is 51.3. The number of likely N-dealkylation sites (N-methyl/N-ethyl adjacent to an activating group) is 1. The quantitative estimate of drug-likeness (QED) is 0.0979. The number of fused-ring (bicyclic) bond motifs is 5. The zero-order valence-electron chi connectivity index (χ0n) is 38.1. The molecule has 16 nitrogen and oxygen atoms in total. The summed E-state index contributed by atoms with van der Waals surface area (Å²) in [7, 11) is 2.80. The summed E-state index contributed by atoms with van der Waals surface area (Å²) in [6.45, 7) is 14.2. The Morgan fingerprint density at radius 1 is 0.903 bits per heavy atom. The minimum atomic E-state index is -1.25. The fourth-order valence-corrected chi connectivity index (χ4v) is 7.41. The van der Waals surface area contributed by atoms with Gasteiger partial charge in [0.05, 0.1) is 38.2 Å². The normalized spacial score (nSPS) is 18.8. The molecule has 2 aromatic carbocycles. The molecule has 1 aliphatic heterocycles. The van der Waals surface area contributed by atoms with Gasteiger partial charge in [0.15, 0.2) is 5.78 Å². The van der Waals surface area contributed by atoms with Crippen LogP contribution >= 0.6 is 11.8 Å². The maximum Gasteiger partial charge on any atom is 0.407 e. The first-order valence-electron chi connectivity index (χ1n) is 21.0. The number of rotatable bonds is 15. The van der Waals surface area contributed by atoms with Crippen LogP contribution in [0.25, 0.3) is 11.1 Å². The van der Waals surface area contributed by atoms with Crippen molar-refractivity contribution >= 4 is 47.5 Å². The summed E-state index contributed by atoms with van der Waals surface area (Å²) >= 11 is 1.54. The monoisotopic (exact) mass is 885 g/mol. The van der Waals surface area contributed by atoms with Crippen LogP contribution in [0.15, 0.2) is 36.4 Å². The van der Waals surface area contributed by atoms with Gasteiger partial charge in [-0.15, -0.1) is 0 Å². The lowest BCUT2D eigenvalue weighted by atomic mass is 9.83. The molecule has 3 rings (SSSR count).